The van der Waals surface area contributed by atoms with E-state index in [0.717, 1.165) is 17.5 Å². The van der Waals surface area contributed by atoms with E-state index >= 15 is 0 Å². The Hall–Kier alpha value is -2.70. The summed E-state index contributed by atoms with van der Waals surface area (Å²) in [6.07, 6.45) is 2.66. The molecule has 2 aromatic rings. The van der Waals surface area contributed by atoms with Gasteiger partial charge in [-0.1, -0.05) is 12.1 Å². The Labute approximate surface area is 109 Å². The first-order valence-electron chi connectivity index (χ1n) is 5.72. The number of hydrazone groups is 1. The zero-order valence-electron chi connectivity index (χ0n) is 10.3. The second-order valence-corrected chi connectivity index (χ2v) is 3.52. The van der Waals surface area contributed by atoms with Gasteiger partial charge in [-0.25, -0.2) is 5.43 Å². The van der Waals surface area contributed by atoms with Crippen LogP contribution >= 0.6 is 0 Å². The minimum Gasteiger partial charge on any atom is -0.493 e. The van der Waals surface area contributed by atoms with Crippen LogP contribution in [0.2, 0.25) is 0 Å². The van der Waals surface area contributed by atoms with E-state index in [9.17, 15) is 4.79 Å². The zero-order chi connectivity index (χ0) is 13.5. The van der Waals surface area contributed by atoms with Gasteiger partial charge in [-0.3, -0.25) is 9.78 Å². The van der Waals surface area contributed by atoms with Crippen LogP contribution in [0, 0.1) is 0 Å². The Bertz CT molecular complexity index is 623. The molecule has 0 radical (unpaired) electrons. The molecule has 2 rings (SSSR count). The van der Waals surface area contributed by atoms with E-state index in [-0.39, 0.29) is 11.5 Å². The number of hydrogen-bond donors (Lipinski definition) is 2. The van der Waals surface area contributed by atoms with Crippen molar-refractivity contribution in [3.63, 3.8) is 0 Å². The van der Waals surface area contributed by atoms with Crippen molar-refractivity contribution in [3.05, 3.63) is 46.4 Å². The molecule has 0 amide bonds. The fourth-order valence-electron chi connectivity index (χ4n) is 1.40. The molecule has 0 aliphatic rings. The SMILES string of the molecule is CCOc1ccccc1/C=N/Nc1nncc(=O)[nH]1. The van der Waals surface area contributed by atoms with Crippen molar-refractivity contribution in [1.29, 1.82) is 0 Å². The minimum atomic E-state index is -0.345. The van der Waals surface area contributed by atoms with Crippen LogP contribution in [0.5, 0.6) is 5.75 Å². The third-order valence-corrected chi connectivity index (χ3v) is 2.17. The van der Waals surface area contributed by atoms with E-state index in [1.165, 1.54) is 0 Å². The van der Waals surface area contributed by atoms with Crippen LogP contribution in [0.3, 0.4) is 0 Å². The predicted octanol–water partition coefficient (Wildman–Crippen LogP) is 1.01. The Morgan fingerprint density at radius 1 is 1.47 bits per heavy atom. The van der Waals surface area contributed by atoms with Crippen LogP contribution in [0.1, 0.15) is 12.5 Å². The van der Waals surface area contributed by atoms with Crippen LogP contribution in [0.4, 0.5) is 5.95 Å². The molecular weight excluding hydrogens is 246 g/mol. The van der Waals surface area contributed by atoms with E-state index in [4.69, 9.17) is 4.74 Å². The molecule has 0 fully saturated rings. The number of rotatable bonds is 5. The average Bonchev–Trinajstić information content (AvgIpc) is 2.41. The summed E-state index contributed by atoms with van der Waals surface area (Å²) in [5.74, 6) is 0.917. The van der Waals surface area contributed by atoms with Crippen LogP contribution in [0.25, 0.3) is 0 Å². The van der Waals surface area contributed by atoms with E-state index in [0.29, 0.717) is 6.61 Å². The molecule has 0 aliphatic carbocycles. The summed E-state index contributed by atoms with van der Waals surface area (Å²) in [7, 11) is 0. The second kappa shape index (κ2) is 6.29. The molecule has 0 unspecified atom stereocenters. The summed E-state index contributed by atoms with van der Waals surface area (Å²) in [5, 5.41) is 11.1. The lowest BCUT2D eigenvalue weighted by molar-refractivity contribution is 0.340. The fourth-order valence-corrected chi connectivity index (χ4v) is 1.40. The second-order valence-electron chi connectivity index (χ2n) is 3.52. The number of H-pyrrole nitrogens is 1. The van der Waals surface area contributed by atoms with E-state index in [2.05, 4.69) is 25.7 Å². The van der Waals surface area contributed by atoms with E-state index in [1.54, 1.807) is 6.21 Å². The summed E-state index contributed by atoms with van der Waals surface area (Å²) in [6, 6.07) is 7.49. The monoisotopic (exact) mass is 259 g/mol. The number of benzene rings is 1. The van der Waals surface area contributed by atoms with Gasteiger partial charge >= 0.3 is 0 Å². The van der Waals surface area contributed by atoms with Gasteiger partial charge in [-0.2, -0.15) is 5.10 Å². The Morgan fingerprint density at radius 3 is 3.11 bits per heavy atom. The van der Waals surface area contributed by atoms with Gasteiger partial charge in [-0.05, 0) is 19.1 Å². The Morgan fingerprint density at radius 2 is 2.32 bits per heavy atom. The maximum atomic E-state index is 11.0. The molecule has 0 bridgehead atoms. The lowest BCUT2D eigenvalue weighted by atomic mass is 10.2. The predicted molar refractivity (Wildman–Crippen MR) is 71.5 cm³/mol. The zero-order valence-corrected chi connectivity index (χ0v) is 10.3. The largest absolute Gasteiger partial charge is 0.493 e. The number of hydrogen-bond acceptors (Lipinski definition) is 6. The van der Waals surface area contributed by atoms with Gasteiger partial charge in [0.25, 0.3) is 5.56 Å². The Kier molecular flexibility index (Phi) is 4.22. The van der Waals surface area contributed by atoms with Crippen molar-refractivity contribution in [1.82, 2.24) is 15.2 Å². The van der Waals surface area contributed by atoms with Crippen LogP contribution in [-0.2, 0) is 0 Å². The smallest absolute Gasteiger partial charge is 0.271 e. The van der Waals surface area contributed by atoms with Gasteiger partial charge in [0, 0.05) is 5.56 Å². The highest BCUT2D eigenvalue weighted by Crippen LogP contribution is 2.15. The maximum Gasteiger partial charge on any atom is 0.271 e. The molecule has 19 heavy (non-hydrogen) atoms. The molecule has 1 heterocycles. The molecule has 0 aliphatic heterocycles. The first-order valence-corrected chi connectivity index (χ1v) is 5.72. The molecule has 0 saturated carbocycles. The van der Waals surface area contributed by atoms with Gasteiger partial charge in [-0.15, -0.1) is 10.2 Å². The molecule has 2 N–H and O–H groups in total. The third kappa shape index (κ3) is 3.63. The van der Waals surface area contributed by atoms with Crippen molar-refractivity contribution in [2.24, 2.45) is 5.10 Å². The normalized spacial score (nSPS) is 10.6. The highest BCUT2D eigenvalue weighted by molar-refractivity contribution is 5.83. The van der Waals surface area contributed by atoms with Crippen molar-refractivity contribution in [2.45, 2.75) is 6.92 Å². The summed E-state index contributed by atoms with van der Waals surface area (Å²) in [5.41, 5.74) is 3.07. The summed E-state index contributed by atoms with van der Waals surface area (Å²) < 4.78 is 5.45. The van der Waals surface area contributed by atoms with Crippen LogP contribution < -0.4 is 15.7 Å². The number of nitrogens with zero attached hydrogens (tertiary/aromatic N) is 3. The molecule has 98 valence electrons. The first-order chi connectivity index (χ1) is 9.29. The topological polar surface area (TPSA) is 92.3 Å². The highest BCUT2D eigenvalue weighted by Gasteiger charge is 1.99. The number of nitrogens with one attached hydrogen (secondary N) is 2. The molecule has 0 spiro atoms. The molecule has 1 aromatic carbocycles. The van der Waals surface area contributed by atoms with Gasteiger partial charge < -0.3 is 4.74 Å². The minimum absolute atomic E-state index is 0.178. The first kappa shape index (κ1) is 12.7. The van der Waals surface area contributed by atoms with Crippen LogP contribution in [0.15, 0.2) is 40.4 Å². The lowest BCUT2D eigenvalue weighted by Gasteiger charge is -2.05. The molecular formula is C12H13N5O2. The quantitative estimate of drug-likeness (QED) is 0.617. The molecule has 0 atom stereocenters. The van der Waals surface area contributed by atoms with Crippen molar-refractivity contribution in [2.75, 3.05) is 12.0 Å². The summed E-state index contributed by atoms with van der Waals surface area (Å²) in [6.45, 7) is 2.49. The average molecular weight is 259 g/mol. The Balaban J connectivity index is 2.08. The summed E-state index contributed by atoms with van der Waals surface area (Å²) in [4.78, 5) is 13.4. The van der Waals surface area contributed by atoms with Crippen molar-refractivity contribution < 1.29 is 4.74 Å². The molecule has 0 saturated heterocycles. The van der Waals surface area contributed by atoms with Crippen molar-refractivity contribution in [3.8, 4) is 5.75 Å². The molecule has 1 aromatic heterocycles. The third-order valence-electron chi connectivity index (χ3n) is 2.17. The number of aromatic nitrogens is 3. The molecule has 7 heteroatoms. The number of aromatic amines is 1. The fraction of sp³-hybridized carbons (Fsp3) is 0.167. The summed E-state index contributed by atoms with van der Waals surface area (Å²) >= 11 is 0. The van der Waals surface area contributed by atoms with Gasteiger partial charge in [0.1, 0.15) is 11.9 Å². The lowest BCUT2D eigenvalue weighted by Crippen LogP contribution is -2.10. The number of anilines is 1. The number of para-hydroxylation sites is 1. The van der Waals surface area contributed by atoms with E-state index in [1.807, 2.05) is 31.2 Å². The standard InChI is InChI=1S/C12H13N5O2/c1-2-19-10-6-4-3-5-9(10)7-13-16-12-15-11(18)8-14-17-12/h3-8H,2H2,1H3,(H2,15,16,17,18)/b13-7+. The maximum absolute atomic E-state index is 11.0. The highest BCUT2D eigenvalue weighted by atomic mass is 16.5. The van der Waals surface area contributed by atoms with Gasteiger partial charge in [0.15, 0.2) is 0 Å². The van der Waals surface area contributed by atoms with Crippen molar-refractivity contribution >= 4 is 12.2 Å². The molecule has 7 nitrogen and oxygen atoms in total. The van der Waals surface area contributed by atoms with Gasteiger partial charge in [0.05, 0.1) is 12.8 Å². The number of ether oxygens (including phenoxy) is 1. The van der Waals surface area contributed by atoms with Crippen LogP contribution in [-0.4, -0.2) is 28.0 Å². The van der Waals surface area contributed by atoms with E-state index < -0.39 is 0 Å². The van der Waals surface area contributed by atoms with Gasteiger partial charge in [0.2, 0.25) is 5.95 Å².